The zero-order valence-electron chi connectivity index (χ0n) is 8.38. The quantitative estimate of drug-likeness (QED) is 0.743. The van der Waals surface area contributed by atoms with E-state index in [4.69, 9.17) is 4.74 Å². The Morgan fingerprint density at radius 2 is 2.50 bits per heavy atom. The van der Waals surface area contributed by atoms with E-state index < -0.39 is 6.10 Å². The minimum Gasteiger partial charge on any atom is -0.384 e. The van der Waals surface area contributed by atoms with Gasteiger partial charge in [-0.05, 0) is 6.26 Å². The van der Waals surface area contributed by atoms with Gasteiger partial charge in [0, 0.05) is 12.9 Å². The molecular weight excluding hydrogens is 202 g/mol. The molecule has 1 aromatic heterocycles. The lowest BCUT2D eigenvalue weighted by atomic mass is 10.3. The number of aliphatic hydroxyl groups is 1. The van der Waals surface area contributed by atoms with Gasteiger partial charge in [-0.2, -0.15) is 11.8 Å². The van der Waals surface area contributed by atoms with E-state index >= 15 is 0 Å². The van der Waals surface area contributed by atoms with Gasteiger partial charge < -0.3 is 9.84 Å². The van der Waals surface area contributed by atoms with E-state index in [9.17, 15) is 5.11 Å². The van der Waals surface area contributed by atoms with Crippen molar-refractivity contribution in [2.45, 2.75) is 12.6 Å². The first-order valence-electron chi connectivity index (χ1n) is 4.34. The normalized spacial score (nSPS) is 13.1. The number of aliphatic hydroxyl groups excluding tert-OH is 1. The van der Waals surface area contributed by atoms with E-state index in [1.807, 2.05) is 6.26 Å². The van der Waals surface area contributed by atoms with Crippen LogP contribution in [0.1, 0.15) is 11.8 Å². The van der Waals surface area contributed by atoms with Crippen LogP contribution in [0.4, 0.5) is 0 Å². The zero-order chi connectivity index (χ0) is 10.4. The number of nitrogens with zero attached hydrogens (tertiary/aromatic N) is 3. The smallest absolute Gasteiger partial charge is 0.120 e. The van der Waals surface area contributed by atoms with Gasteiger partial charge in [0.25, 0.3) is 0 Å². The van der Waals surface area contributed by atoms with Gasteiger partial charge in [-0.1, -0.05) is 5.21 Å². The van der Waals surface area contributed by atoms with Crippen LogP contribution in [0.2, 0.25) is 0 Å². The summed E-state index contributed by atoms with van der Waals surface area (Å²) in [5, 5.41) is 17.3. The summed E-state index contributed by atoms with van der Waals surface area (Å²) in [6.45, 7) is 1.03. The second-order valence-corrected chi connectivity index (χ2v) is 3.83. The molecule has 0 aromatic carbocycles. The van der Waals surface area contributed by atoms with Crippen LogP contribution in [-0.2, 0) is 11.3 Å². The van der Waals surface area contributed by atoms with Gasteiger partial charge in [-0.15, -0.1) is 5.10 Å². The van der Waals surface area contributed by atoms with E-state index in [2.05, 4.69) is 10.3 Å². The van der Waals surface area contributed by atoms with Crippen molar-refractivity contribution in [1.82, 2.24) is 15.0 Å². The van der Waals surface area contributed by atoms with Crippen molar-refractivity contribution in [2.24, 2.45) is 0 Å². The largest absolute Gasteiger partial charge is 0.384 e. The molecule has 5 nitrogen and oxygen atoms in total. The summed E-state index contributed by atoms with van der Waals surface area (Å²) in [6, 6.07) is 0. The second kappa shape index (κ2) is 6.00. The van der Waals surface area contributed by atoms with Crippen molar-refractivity contribution in [2.75, 3.05) is 25.7 Å². The standard InChI is InChI=1S/C8H15N3O2S/c1-13-6-8(12)7-5-9-10-11(7)3-4-14-2/h5,8,12H,3-4,6H2,1-2H3/t8-/m1/s1. The van der Waals surface area contributed by atoms with Gasteiger partial charge in [-0.3, -0.25) is 0 Å². The third-order valence-electron chi connectivity index (χ3n) is 1.82. The zero-order valence-corrected chi connectivity index (χ0v) is 9.20. The van der Waals surface area contributed by atoms with Crippen LogP contribution in [0.5, 0.6) is 0 Å². The number of thioether (sulfide) groups is 1. The minimum atomic E-state index is -0.642. The summed E-state index contributed by atoms with van der Waals surface area (Å²) >= 11 is 1.73. The fraction of sp³-hybridized carbons (Fsp3) is 0.750. The lowest BCUT2D eigenvalue weighted by molar-refractivity contribution is 0.0587. The Morgan fingerprint density at radius 1 is 1.71 bits per heavy atom. The molecule has 14 heavy (non-hydrogen) atoms. The van der Waals surface area contributed by atoms with Crippen molar-refractivity contribution in [1.29, 1.82) is 0 Å². The summed E-state index contributed by atoms with van der Waals surface area (Å²) in [6.07, 6.45) is 2.96. The Morgan fingerprint density at radius 3 is 3.14 bits per heavy atom. The minimum absolute atomic E-state index is 0.270. The molecule has 0 spiro atoms. The maximum Gasteiger partial charge on any atom is 0.120 e. The van der Waals surface area contributed by atoms with Crippen molar-refractivity contribution in [3.63, 3.8) is 0 Å². The van der Waals surface area contributed by atoms with E-state index in [1.165, 1.54) is 0 Å². The Labute approximate surface area is 87.4 Å². The first-order chi connectivity index (χ1) is 6.79. The van der Waals surface area contributed by atoms with Crippen LogP contribution in [-0.4, -0.2) is 45.8 Å². The molecule has 1 rings (SSSR count). The fourth-order valence-corrected chi connectivity index (χ4v) is 1.47. The maximum absolute atomic E-state index is 9.66. The average molecular weight is 217 g/mol. The highest BCUT2D eigenvalue weighted by atomic mass is 32.2. The molecule has 0 aliphatic heterocycles. The average Bonchev–Trinajstić information content (AvgIpc) is 2.63. The molecule has 1 atom stereocenters. The molecule has 0 unspecified atom stereocenters. The molecule has 0 bridgehead atoms. The van der Waals surface area contributed by atoms with Crippen molar-refractivity contribution in [3.05, 3.63) is 11.9 Å². The number of aromatic nitrogens is 3. The van der Waals surface area contributed by atoms with Crippen molar-refractivity contribution >= 4 is 11.8 Å². The summed E-state index contributed by atoms with van der Waals surface area (Å²) in [4.78, 5) is 0. The van der Waals surface area contributed by atoms with Gasteiger partial charge in [0.15, 0.2) is 0 Å². The highest BCUT2D eigenvalue weighted by Crippen LogP contribution is 2.11. The topological polar surface area (TPSA) is 60.2 Å². The molecule has 80 valence electrons. The van der Waals surface area contributed by atoms with Gasteiger partial charge in [0.05, 0.1) is 25.0 Å². The Balaban J connectivity index is 2.61. The lowest BCUT2D eigenvalue weighted by Gasteiger charge is -2.10. The molecule has 1 aromatic rings. The van der Waals surface area contributed by atoms with E-state index in [-0.39, 0.29) is 6.61 Å². The van der Waals surface area contributed by atoms with Crippen molar-refractivity contribution < 1.29 is 9.84 Å². The summed E-state index contributed by atoms with van der Waals surface area (Å²) in [5.41, 5.74) is 0.709. The SMILES string of the molecule is COC[C@@H](O)c1cnnn1CCSC. The van der Waals surface area contributed by atoms with Crippen LogP contribution in [0.25, 0.3) is 0 Å². The second-order valence-electron chi connectivity index (χ2n) is 2.85. The van der Waals surface area contributed by atoms with Crippen LogP contribution >= 0.6 is 11.8 Å². The van der Waals surface area contributed by atoms with Gasteiger partial charge in [-0.25, -0.2) is 4.68 Å². The van der Waals surface area contributed by atoms with E-state index in [0.717, 1.165) is 12.3 Å². The molecule has 0 saturated heterocycles. The lowest BCUT2D eigenvalue weighted by Crippen LogP contribution is -2.14. The number of methoxy groups -OCH3 is 1. The third kappa shape index (κ3) is 2.97. The van der Waals surface area contributed by atoms with E-state index in [1.54, 1.807) is 29.8 Å². The van der Waals surface area contributed by atoms with Crippen LogP contribution in [0.15, 0.2) is 6.20 Å². The molecular formula is C8H15N3O2S. The van der Waals surface area contributed by atoms with Gasteiger partial charge >= 0.3 is 0 Å². The molecule has 0 aliphatic rings. The molecule has 6 heteroatoms. The van der Waals surface area contributed by atoms with Crippen LogP contribution < -0.4 is 0 Å². The number of rotatable bonds is 6. The fourth-order valence-electron chi connectivity index (χ4n) is 1.12. The third-order valence-corrected chi connectivity index (χ3v) is 2.41. The highest BCUT2D eigenvalue weighted by molar-refractivity contribution is 7.98. The van der Waals surface area contributed by atoms with Gasteiger partial charge in [0.1, 0.15) is 6.10 Å². The predicted molar refractivity (Wildman–Crippen MR) is 55.2 cm³/mol. The first-order valence-corrected chi connectivity index (χ1v) is 5.73. The molecule has 0 amide bonds. The summed E-state index contributed by atoms with van der Waals surface area (Å²) in [7, 11) is 1.55. The number of aryl methyl sites for hydroxylation is 1. The van der Waals surface area contributed by atoms with Gasteiger partial charge in [0.2, 0.25) is 0 Å². The molecule has 0 aliphatic carbocycles. The van der Waals surface area contributed by atoms with E-state index in [0.29, 0.717) is 5.69 Å². The van der Waals surface area contributed by atoms with Crippen LogP contribution in [0.3, 0.4) is 0 Å². The van der Waals surface area contributed by atoms with Crippen LogP contribution in [0, 0.1) is 0 Å². The molecule has 0 saturated carbocycles. The molecule has 0 fully saturated rings. The number of ether oxygens (including phenoxy) is 1. The Hall–Kier alpha value is -0.590. The Bertz CT molecular complexity index is 267. The number of hydrogen-bond donors (Lipinski definition) is 1. The monoisotopic (exact) mass is 217 g/mol. The first kappa shape index (κ1) is 11.5. The number of hydrogen-bond acceptors (Lipinski definition) is 5. The maximum atomic E-state index is 9.66. The summed E-state index contributed by atoms with van der Waals surface area (Å²) in [5.74, 6) is 0.954. The predicted octanol–water partition coefficient (Wildman–Crippen LogP) is 0.321. The molecule has 0 radical (unpaired) electrons. The highest BCUT2D eigenvalue weighted by Gasteiger charge is 2.13. The summed E-state index contributed by atoms with van der Waals surface area (Å²) < 4.78 is 6.57. The molecule has 1 heterocycles. The molecule has 1 N–H and O–H groups in total. The van der Waals surface area contributed by atoms with Crippen molar-refractivity contribution in [3.8, 4) is 0 Å². The Kier molecular flexibility index (Phi) is 4.92.